The van der Waals surface area contributed by atoms with E-state index >= 15 is 0 Å². The Labute approximate surface area is 159 Å². The summed E-state index contributed by atoms with van der Waals surface area (Å²) in [7, 11) is 1.62. The zero-order valence-corrected chi connectivity index (χ0v) is 15.6. The van der Waals surface area contributed by atoms with Gasteiger partial charge in [-0.2, -0.15) is 0 Å². The molecule has 8 heteroatoms. The Balaban J connectivity index is 1.45. The summed E-state index contributed by atoms with van der Waals surface area (Å²) < 4.78 is 10.6. The normalized spacial score (nSPS) is 28.3. The van der Waals surface area contributed by atoms with E-state index in [1.54, 1.807) is 7.11 Å². The lowest BCUT2D eigenvalue weighted by molar-refractivity contribution is 0.0188. The Hall–Kier alpha value is -1.87. The Morgan fingerprint density at radius 2 is 2.11 bits per heavy atom. The molecule has 3 rings (SSSR count). The van der Waals surface area contributed by atoms with Crippen molar-refractivity contribution in [3.05, 3.63) is 29.8 Å². The molecule has 4 N–H and O–H groups in total. The predicted molar refractivity (Wildman–Crippen MR) is 99.8 cm³/mol. The van der Waals surface area contributed by atoms with E-state index in [0.29, 0.717) is 32.6 Å². The van der Waals surface area contributed by atoms with Crippen molar-refractivity contribution in [3.63, 3.8) is 0 Å². The first-order valence-electron chi connectivity index (χ1n) is 9.44. The molecule has 0 unspecified atom stereocenters. The van der Waals surface area contributed by atoms with Crippen LogP contribution in [0.3, 0.4) is 0 Å². The summed E-state index contributed by atoms with van der Waals surface area (Å²) in [5.41, 5.74) is 1.07. The van der Waals surface area contributed by atoms with Crippen LogP contribution in [0.5, 0.6) is 5.75 Å². The average Bonchev–Trinajstić information content (AvgIpc) is 3.22. The Morgan fingerprint density at radius 3 is 2.78 bits per heavy atom. The van der Waals surface area contributed by atoms with E-state index in [1.165, 1.54) is 0 Å². The summed E-state index contributed by atoms with van der Waals surface area (Å²) in [6, 6.07) is 7.56. The van der Waals surface area contributed by atoms with E-state index in [0.717, 1.165) is 24.3 Å². The average molecular weight is 379 g/mol. The highest BCUT2D eigenvalue weighted by molar-refractivity contribution is 5.67. The van der Waals surface area contributed by atoms with E-state index in [4.69, 9.17) is 9.47 Å². The number of hydrogen-bond donors (Lipinski definition) is 4. The number of ether oxygens (including phenoxy) is 2. The molecule has 0 aliphatic carbocycles. The highest BCUT2D eigenvalue weighted by Crippen LogP contribution is 2.19. The van der Waals surface area contributed by atoms with Crippen LogP contribution >= 0.6 is 0 Å². The predicted octanol–water partition coefficient (Wildman–Crippen LogP) is -0.268. The molecule has 27 heavy (non-hydrogen) atoms. The summed E-state index contributed by atoms with van der Waals surface area (Å²) in [5.74, 6) is 0.788. The fourth-order valence-electron chi connectivity index (χ4n) is 3.63. The van der Waals surface area contributed by atoms with Crippen molar-refractivity contribution in [2.45, 2.75) is 37.2 Å². The van der Waals surface area contributed by atoms with E-state index in [9.17, 15) is 15.0 Å². The number of methoxy groups -OCH3 is 1. The van der Waals surface area contributed by atoms with Crippen LogP contribution in [-0.2, 0) is 11.2 Å². The number of aliphatic hydroxyl groups is 2. The van der Waals surface area contributed by atoms with Crippen LogP contribution in [0.4, 0.5) is 4.79 Å². The first-order chi connectivity index (χ1) is 13.0. The molecule has 2 saturated heterocycles. The zero-order chi connectivity index (χ0) is 19.2. The zero-order valence-electron chi connectivity index (χ0n) is 15.6. The number of likely N-dealkylation sites (tertiary alicyclic amines) is 1. The molecule has 2 aliphatic heterocycles. The summed E-state index contributed by atoms with van der Waals surface area (Å²) in [6.07, 6.45) is -0.701. The molecule has 2 fully saturated rings. The highest BCUT2D eigenvalue weighted by Gasteiger charge is 2.37. The van der Waals surface area contributed by atoms with Gasteiger partial charge in [-0.05, 0) is 30.5 Å². The molecule has 150 valence electrons. The number of carbonyl (C=O) groups excluding carboxylic acids is 1. The maximum absolute atomic E-state index is 12.1. The van der Waals surface area contributed by atoms with Gasteiger partial charge in [-0.3, -0.25) is 4.90 Å². The first-order valence-corrected chi connectivity index (χ1v) is 9.44. The minimum absolute atomic E-state index is 0.145. The Morgan fingerprint density at radius 1 is 1.33 bits per heavy atom. The monoisotopic (exact) mass is 379 g/mol. The summed E-state index contributed by atoms with van der Waals surface area (Å²) in [5, 5.41) is 25.6. The van der Waals surface area contributed by atoms with Crippen molar-refractivity contribution >= 4 is 6.09 Å². The molecule has 0 saturated carbocycles. The fourth-order valence-corrected chi connectivity index (χ4v) is 3.63. The second kappa shape index (κ2) is 9.36. The minimum Gasteiger partial charge on any atom is -0.497 e. The van der Waals surface area contributed by atoms with Gasteiger partial charge in [-0.15, -0.1) is 0 Å². The van der Waals surface area contributed by atoms with Crippen molar-refractivity contribution < 1.29 is 24.5 Å². The van der Waals surface area contributed by atoms with Gasteiger partial charge in [-0.25, -0.2) is 4.79 Å². The lowest BCUT2D eigenvalue weighted by Crippen LogP contribution is -2.42. The minimum atomic E-state index is -0.729. The largest absolute Gasteiger partial charge is 0.497 e. The number of alkyl carbamates (subject to hydrolysis) is 1. The second-order valence-electron chi connectivity index (χ2n) is 7.17. The fraction of sp³-hybridized carbons (Fsp3) is 0.632. The van der Waals surface area contributed by atoms with Crippen molar-refractivity contribution in [2.24, 2.45) is 0 Å². The standard InChI is InChI=1S/C19H29N3O5/c1-26-15-4-2-13(3-5-15)10-16-18(17(24)11-21-16)27-19(25)20-7-9-22-8-6-14(23)12-22/h2-5,14,16-18,21,23-24H,6-12H2,1H3,(H,20,25)/t14-,16+,17-,18-/m0/s1. The first kappa shape index (κ1) is 19.9. The van der Waals surface area contributed by atoms with Gasteiger partial charge in [0.25, 0.3) is 0 Å². The van der Waals surface area contributed by atoms with Gasteiger partial charge in [0.2, 0.25) is 0 Å². The van der Waals surface area contributed by atoms with Crippen molar-refractivity contribution in [3.8, 4) is 5.75 Å². The van der Waals surface area contributed by atoms with Crippen LogP contribution in [0.2, 0.25) is 0 Å². The van der Waals surface area contributed by atoms with Crippen LogP contribution in [0.25, 0.3) is 0 Å². The van der Waals surface area contributed by atoms with Gasteiger partial charge >= 0.3 is 6.09 Å². The third-order valence-electron chi connectivity index (χ3n) is 5.17. The number of hydrogen-bond acceptors (Lipinski definition) is 7. The summed E-state index contributed by atoms with van der Waals surface area (Å²) in [4.78, 5) is 14.2. The van der Waals surface area contributed by atoms with Crippen LogP contribution in [0.1, 0.15) is 12.0 Å². The SMILES string of the molecule is COc1ccc(C[C@H]2NC[C@H](O)[C@H]2OC(=O)NCCN2CC[C@H](O)C2)cc1. The molecule has 0 bridgehead atoms. The lowest BCUT2D eigenvalue weighted by atomic mass is 10.0. The summed E-state index contributed by atoms with van der Waals surface area (Å²) >= 11 is 0. The quantitative estimate of drug-likeness (QED) is 0.517. The lowest BCUT2D eigenvalue weighted by Gasteiger charge is -2.22. The van der Waals surface area contributed by atoms with E-state index in [2.05, 4.69) is 15.5 Å². The Bertz CT molecular complexity index is 612. The van der Waals surface area contributed by atoms with E-state index in [1.807, 2.05) is 24.3 Å². The van der Waals surface area contributed by atoms with Crippen LogP contribution < -0.4 is 15.4 Å². The van der Waals surface area contributed by atoms with Gasteiger partial charge < -0.3 is 30.3 Å². The maximum atomic E-state index is 12.1. The van der Waals surface area contributed by atoms with E-state index < -0.39 is 18.3 Å². The molecule has 4 atom stereocenters. The number of carbonyl (C=O) groups is 1. The third-order valence-corrected chi connectivity index (χ3v) is 5.17. The number of nitrogens with zero attached hydrogens (tertiary/aromatic N) is 1. The topological polar surface area (TPSA) is 103 Å². The molecule has 8 nitrogen and oxygen atoms in total. The van der Waals surface area contributed by atoms with Crippen LogP contribution in [-0.4, -0.2) is 85.4 Å². The highest BCUT2D eigenvalue weighted by atomic mass is 16.6. The van der Waals surface area contributed by atoms with Crippen molar-refractivity contribution in [1.82, 2.24) is 15.5 Å². The molecule has 2 aliphatic rings. The maximum Gasteiger partial charge on any atom is 0.407 e. The van der Waals surface area contributed by atoms with Crippen molar-refractivity contribution in [2.75, 3.05) is 39.8 Å². The number of aliphatic hydroxyl groups excluding tert-OH is 2. The van der Waals surface area contributed by atoms with Gasteiger partial charge in [0.15, 0.2) is 0 Å². The van der Waals surface area contributed by atoms with Crippen molar-refractivity contribution in [1.29, 1.82) is 0 Å². The van der Waals surface area contributed by atoms with Gasteiger partial charge in [-0.1, -0.05) is 12.1 Å². The van der Waals surface area contributed by atoms with E-state index in [-0.39, 0.29) is 12.1 Å². The molecule has 1 aromatic carbocycles. The molecule has 2 heterocycles. The number of benzene rings is 1. The summed E-state index contributed by atoms with van der Waals surface area (Å²) in [6.45, 7) is 3.00. The molecule has 0 spiro atoms. The molecular weight excluding hydrogens is 350 g/mol. The second-order valence-corrected chi connectivity index (χ2v) is 7.17. The third kappa shape index (κ3) is 5.55. The molecule has 0 aromatic heterocycles. The number of amides is 1. The van der Waals surface area contributed by atoms with Crippen LogP contribution in [0.15, 0.2) is 24.3 Å². The molecule has 1 amide bonds. The smallest absolute Gasteiger partial charge is 0.407 e. The molecule has 1 aromatic rings. The van der Waals surface area contributed by atoms with Crippen LogP contribution in [0, 0.1) is 0 Å². The molecular formula is C19H29N3O5. The van der Waals surface area contributed by atoms with Gasteiger partial charge in [0.05, 0.1) is 19.3 Å². The number of rotatable bonds is 7. The molecule has 0 radical (unpaired) electrons. The number of β-amino-alcohol motifs (C(OH)–C–C–N with tert-alkyl or cyclic N) is 2. The van der Waals surface area contributed by atoms with Gasteiger partial charge in [0.1, 0.15) is 18.0 Å². The Kier molecular flexibility index (Phi) is 6.89. The number of nitrogens with one attached hydrogen (secondary N) is 2. The van der Waals surface area contributed by atoms with Gasteiger partial charge in [0, 0.05) is 32.7 Å².